The number of halogens is 1. The standard InChI is InChI=1S/C6H9IO2/c1-4(2-7)6-5(3-8)9-6/h2,5-6,8H,3H2,1H3/b4-2+/t5-,6-/m0/s1. The Balaban J connectivity index is 2.33. The number of rotatable bonds is 2. The molecule has 0 radical (unpaired) electrons. The first kappa shape index (κ1) is 7.50. The highest BCUT2D eigenvalue weighted by molar-refractivity contribution is 14.1. The first-order valence-corrected chi connectivity index (χ1v) is 4.07. The van der Waals surface area contributed by atoms with E-state index in [0.29, 0.717) is 0 Å². The molecule has 0 bridgehead atoms. The summed E-state index contributed by atoms with van der Waals surface area (Å²) in [5.74, 6) is 0. The normalized spacial score (nSPS) is 34.8. The molecule has 0 amide bonds. The Morgan fingerprint density at radius 3 is 2.89 bits per heavy atom. The monoisotopic (exact) mass is 240 g/mol. The summed E-state index contributed by atoms with van der Waals surface area (Å²) >= 11 is 2.17. The van der Waals surface area contributed by atoms with Gasteiger partial charge in [0.1, 0.15) is 12.2 Å². The van der Waals surface area contributed by atoms with Crippen LogP contribution in [0, 0.1) is 0 Å². The predicted molar refractivity (Wildman–Crippen MR) is 43.5 cm³/mol. The second kappa shape index (κ2) is 2.98. The van der Waals surface area contributed by atoms with E-state index in [2.05, 4.69) is 22.6 Å². The number of hydrogen-bond donors (Lipinski definition) is 1. The van der Waals surface area contributed by atoms with Crippen molar-refractivity contribution < 1.29 is 9.84 Å². The Labute approximate surface area is 68.0 Å². The van der Waals surface area contributed by atoms with Crippen LogP contribution < -0.4 is 0 Å². The van der Waals surface area contributed by atoms with Crippen molar-refractivity contribution >= 4 is 22.6 Å². The Kier molecular flexibility index (Phi) is 2.49. The zero-order valence-corrected chi connectivity index (χ0v) is 7.33. The SMILES string of the molecule is C/C(=C\I)[C@@H]1O[C@H]1CO. The van der Waals surface area contributed by atoms with E-state index in [1.54, 1.807) is 0 Å². The molecule has 1 saturated heterocycles. The Bertz CT molecular complexity index is 133. The molecule has 1 N–H and O–H groups in total. The van der Waals surface area contributed by atoms with E-state index in [1.165, 1.54) is 5.57 Å². The van der Waals surface area contributed by atoms with Gasteiger partial charge in [-0.1, -0.05) is 22.6 Å². The highest BCUT2D eigenvalue weighted by Gasteiger charge is 2.38. The van der Waals surface area contributed by atoms with Crippen molar-refractivity contribution in [2.24, 2.45) is 0 Å². The Morgan fingerprint density at radius 2 is 2.56 bits per heavy atom. The molecule has 2 atom stereocenters. The van der Waals surface area contributed by atoms with E-state index < -0.39 is 0 Å². The molecule has 0 saturated carbocycles. The number of aliphatic hydroxyl groups is 1. The lowest BCUT2D eigenvalue weighted by Crippen LogP contribution is -1.99. The van der Waals surface area contributed by atoms with Gasteiger partial charge in [-0.25, -0.2) is 0 Å². The van der Waals surface area contributed by atoms with Crippen molar-refractivity contribution in [3.8, 4) is 0 Å². The fourth-order valence-electron chi connectivity index (χ4n) is 0.744. The molecule has 1 fully saturated rings. The lowest BCUT2D eigenvalue weighted by atomic mass is 10.2. The van der Waals surface area contributed by atoms with Gasteiger partial charge in [0.25, 0.3) is 0 Å². The second-order valence-electron chi connectivity index (χ2n) is 2.13. The van der Waals surface area contributed by atoms with E-state index in [-0.39, 0.29) is 18.8 Å². The van der Waals surface area contributed by atoms with E-state index in [9.17, 15) is 0 Å². The van der Waals surface area contributed by atoms with Crippen molar-refractivity contribution in [3.63, 3.8) is 0 Å². The molecule has 0 spiro atoms. The molecular formula is C6H9IO2. The van der Waals surface area contributed by atoms with Crippen LogP contribution in [-0.2, 0) is 4.74 Å². The summed E-state index contributed by atoms with van der Waals surface area (Å²) in [5, 5.41) is 8.57. The lowest BCUT2D eigenvalue weighted by Gasteiger charge is -1.87. The Morgan fingerprint density at radius 1 is 1.89 bits per heavy atom. The third kappa shape index (κ3) is 1.65. The Hall–Kier alpha value is 0.390. The zero-order chi connectivity index (χ0) is 6.85. The molecule has 9 heavy (non-hydrogen) atoms. The van der Waals surface area contributed by atoms with Crippen LogP contribution in [0.2, 0.25) is 0 Å². The van der Waals surface area contributed by atoms with Crippen molar-refractivity contribution in [2.45, 2.75) is 19.1 Å². The molecule has 3 heteroatoms. The first-order chi connectivity index (χ1) is 4.29. The number of hydrogen-bond acceptors (Lipinski definition) is 2. The summed E-state index contributed by atoms with van der Waals surface area (Å²) in [4.78, 5) is 0. The van der Waals surface area contributed by atoms with E-state index in [1.807, 2.05) is 11.0 Å². The molecule has 52 valence electrons. The van der Waals surface area contributed by atoms with Gasteiger partial charge in [0, 0.05) is 0 Å². The fraction of sp³-hybridized carbons (Fsp3) is 0.667. The van der Waals surface area contributed by atoms with Gasteiger partial charge in [0.2, 0.25) is 0 Å². The van der Waals surface area contributed by atoms with Crippen LogP contribution in [0.15, 0.2) is 9.66 Å². The van der Waals surface area contributed by atoms with Crippen molar-refractivity contribution in [1.82, 2.24) is 0 Å². The quantitative estimate of drug-likeness (QED) is 0.578. The largest absolute Gasteiger partial charge is 0.394 e. The summed E-state index contributed by atoms with van der Waals surface area (Å²) in [6.07, 6.45) is 0.280. The van der Waals surface area contributed by atoms with Crippen LogP contribution in [0.4, 0.5) is 0 Å². The smallest absolute Gasteiger partial charge is 0.111 e. The van der Waals surface area contributed by atoms with Gasteiger partial charge in [0.15, 0.2) is 0 Å². The molecule has 0 aromatic carbocycles. The van der Waals surface area contributed by atoms with Gasteiger partial charge in [0.05, 0.1) is 6.61 Å². The maximum absolute atomic E-state index is 8.57. The molecule has 0 aliphatic carbocycles. The number of ether oxygens (including phenoxy) is 1. The third-order valence-electron chi connectivity index (χ3n) is 1.38. The minimum absolute atomic E-state index is 0.0796. The van der Waals surface area contributed by atoms with E-state index in [0.717, 1.165) is 0 Å². The average molecular weight is 240 g/mol. The molecule has 1 aliphatic rings. The van der Waals surface area contributed by atoms with Crippen LogP contribution in [0.1, 0.15) is 6.92 Å². The van der Waals surface area contributed by atoms with Gasteiger partial charge < -0.3 is 9.84 Å². The van der Waals surface area contributed by atoms with Crippen LogP contribution in [-0.4, -0.2) is 23.9 Å². The van der Waals surface area contributed by atoms with E-state index >= 15 is 0 Å². The molecule has 2 nitrogen and oxygen atoms in total. The van der Waals surface area contributed by atoms with Gasteiger partial charge >= 0.3 is 0 Å². The molecular weight excluding hydrogens is 231 g/mol. The number of epoxide rings is 1. The molecule has 1 heterocycles. The van der Waals surface area contributed by atoms with E-state index in [4.69, 9.17) is 9.84 Å². The van der Waals surface area contributed by atoms with Crippen molar-refractivity contribution in [3.05, 3.63) is 9.66 Å². The molecule has 0 unspecified atom stereocenters. The van der Waals surface area contributed by atoms with Gasteiger partial charge in [-0.2, -0.15) is 0 Å². The number of aliphatic hydroxyl groups excluding tert-OH is 1. The molecule has 1 aliphatic heterocycles. The van der Waals surface area contributed by atoms with Crippen LogP contribution in [0.5, 0.6) is 0 Å². The lowest BCUT2D eigenvalue weighted by molar-refractivity contribution is 0.243. The summed E-state index contributed by atoms with van der Waals surface area (Å²) in [6.45, 7) is 2.15. The zero-order valence-electron chi connectivity index (χ0n) is 5.17. The maximum Gasteiger partial charge on any atom is 0.111 e. The molecule has 0 aromatic heterocycles. The van der Waals surface area contributed by atoms with Crippen LogP contribution in [0.25, 0.3) is 0 Å². The average Bonchev–Trinajstić information content (AvgIpc) is 2.64. The summed E-state index contributed by atoms with van der Waals surface area (Å²) < 4.78 is 7.08. The second-order valence-corrected chi connectivity index (χ2v) is 2.75. The van der Waals surface area contributed by atoms with Crippen LogP contribution >= 0.6 is 22.6 Å². The first-order valence-electron chi connectivity index (χ1n) is 2.82. The minimum Gasteiger partial charge on any atom is -0.394 e. The highest BCUT2D eigenvalue weighted by Crippen LogP contribution is 2.28. The summed E-state index contributed by atoms with van der Waals surface area (Å²) in [5.41, 5.74) is 1.20. The summed E-state index contributed by atoms with van der Waals surface area (Å²) in [6, 6.07) is 0. The van der Waals surface area contributed by atoms with Crippen LogP contribution in [0.3, 0.4) is 0 Å². The van der Waals surface area contributed by atoms with Crippen molar-refractivity contribution in [1.29, 1.82) is 0 Å². The van der Waals surface area contributed by atoms with Gasteiger partial charge in [-0.15, -0.1) is 0 Å². The fourth-order valence-corrected chi connectivity index (χ4v) is 1.10. The third-order valence-corrected chi connectivity index (χ3v) is 2.37. The summed E-state index contributed by atoms with van der Waals surface area (Å²) in [7, 11) is 0. The van der Waals surface area contributed by atoms with Crippen molar-refractivity contribution in [2.75, 3.05) is 6.61 Å². The van der Waals surface area contributed by atoms with Gasteiger partial charge in [-0.05, 0) is 16.6 Å². The van der Waals surface area contributed by atoms with Gasteiger partial charge in [-0.3, -0.25) is 0 Å². The minimum atomic E-state index is 0.0796. The topological polar surface area (TPSA) is 32.8 Å². The predicted octanol–water partition coefficient (Wildman–Crippen LogP) is 1.08. The molecule has 1 rings (SSSR count). The molecule has 0 aromatic rings. The highest BCUT2D eigenvalue weighted by atomic mass is 127. The maximum atomic E-state index is 8.57.